The fraction of sp³-hybridized carbons (Fsp3) is 1.00. The number of aliphatic hydroxyl groups is 1. The van der Waals surface area contributed by atoms with Crippen LogP contribution in [0.4, 0.5) is 0 Å². The highest BCUT2D eigenvalue weighted by molar-refractivity contribution is 4.80. The average molecular weight is 228 g/mol. The molecule has 1 aliphatic heterocycles. The van der Waals surface area contributed by atoms with Crippen LogP contribution in [0.5, 0.6) is 0 Å². The molecule has 1 saturated heterocycles. The van der Waals surface area contributed by atoms with Gasteiger partial charge in [0.1, 0.15) is 0 Å². The third-order valence-electron chi connectivity index (χ3n) is 4.54. The molecule has 2 nitrogen and oxygen atoms in total. The Morgan fingerprint density at radius 3 is 2.12 bits per heavy atom. The van der Waals surface area contributed by atoms with Gasteiger partial charge in [0.2, 0.25) is 0 Å². The Balaban J connectivity index is 2.47. The van der Waals surface area contributed by atoms with Crippen LogP contribution >= 0.6 is 0 Å². The van der Waals surface area contributed by atoms with Crippen molar-refractivity contribution in [3.63, 3.8) is 0 Å². The first-order chi connectivity index (χ1) is 7.43. The van der Waals surface area contributed by atoms with Crippen molar-refractivity contribution in [2.75, 3.05) is 6.61 Å². The van der Waals surface area contributed by atoms with Gasteiger partial charge in [0, 0.05) is 6.61 Å². The Labute approximate surface area is 100 Å². The lowest BCUT2D eigenvalue weighted by molar-refractivity contribution is -0.0628. The molecular weight excluding hydrogens is 200 g/mol. The maximum Gasteiger partial charge on any atom is 0.0603 e. The van der Waals surface area contributed by atoms with Gasteiger partial charge in [-0.3, -0.25) is 0 Å². The Morgan fingerprint density at radius 1 is 1.06 bits per heavy atom. The van der Waals surface area contributed by atoms with E-state index >= 15 is 0 Å². The van der Waals surface area contributed by atoms with Crippen LogP contribution in [0.2, 0.25) is 0 Å². The molecule has 5 unspecified atom stereocenters. The van der Waals surface area contributed by atoms with Crippen LogP contribution in [0.15, 0.2) is 0 Å². The van der Waals surface area contributed by atoms with E-state index in [1.165, 1.54) is 12.8 Å². The summed E-state index contributed by atoms with van der Waals surface area (Å²) in [5.74, 6) is 2.11. The zero-order chi connectivity index (χ0) is 12.3. The van der Waals surface area contributed by atoms with Crippen molar-refractivity contribution in [1.29, 1.82) is 0 Å². The van der Waals surface area contributed by atoms with Crippen molar-refractivity contribution in [2.24, 2.45) is 23.7 Å². The van der Waals surface area contributed by atoms with E-state index < -0.39 is 0 Å². The summed E-state index contributed by atoms with van der Waals surface area (Å²) >= 11 is 0. The van der Waals surface area contributed by atoms with Gasteiger partial charge < -0.3 is 9.84 Å². The monoisotopic (exact) mass is 228 g/mol. The summed E-state index contributed by atoms with van der Waals surface area (Å²) in [4.78, 5) is 0. The van der Waals surface area contributed by atoms with E-state index in [9.17, 15) is 5.11 Å². The number of hydrogen-bond donors (Lipinski definition) is 1. The molecular formula is C14H28O2. The molecule has 0 aromatic heterocycles. The van der Waals surface area contributed by atoms with Crippen LogP contribution in [-0.4, -0.2) is 23.9 Å². The topological polar surface area (TPSA) is 29.5 Å². The summed E-state index contributed by atoms with van der Waals surface area (Å²) in [6, 6.07) is 0. The molecule has 0 spiro atoms. The molecule has 0 aromatic carbocycles. The zero-order valence-electron chi connectivity index (χ0n) is 11.4. The van der Waals surface area contributed by atoms with E-state index in [-0.39, 0.29) is 6.10 Å². The molecule has 1 heterocycles. The van der Waals surface area contributed by atoms with Crippen LogP contribution < -0.4 is 0 Å². The van der Waals surface area contributed by atoms with Crippen molar-refractivity contribution < 1.29 is 9.84 Å². The molecule has 0 saturated carbocycles. The van der Waals surface area contributed by atoms with E-state index in [1.807, 2.05) is 6.92 Å². The second-order valence-electron chi connectivity index (χ2n) is 5.87. The highest BCUT2D eigenvalue weighted by Gasteiger charge is 2.31. The van der Waals surface area contributed by atoms with Crippen molar-refractivity contribution in [3.8, 4) is 0 Å². The van der Waals surface area contributed by atoms with Gasteiger partial charge in [0.25, 0.3) is 0 Å². The first kappa shape index (κ1) is 14.0. The molecule has 96 valence electrons. The largest absolute Gasteiger partial charge is 0.393 e. The first-order valence-corrected chi connectivity index (χ1v) is 6.73. The summed E-state index contributed by atoms with van der Waals surface area (Å²) in [6.45, 7) is 11.7. The predicted molar refractivity (Wildman–Crippen MR) is 67.3 cm³/mol. The van der Waals surface area contributed by atoms with E-state index in [2.05, 4.69) is 27.7 Å². The molecule has 0 aromatic rings. The van der Waals surface area contributed by atoms with E-state index in [1.54, 1.807) is 0 Å². The van der Waals surface area contributed by atoms with Crippen LogP contribution in [0.25, 0.3) is 0 Å². The molecule has 2 heteroatoms. The van der Waals surface area contributed by atoms with Crippen LogP contribution in [0.1, 0.15) is 47.5 Å². The Kier molecular flexibility index (Phi) is 5.26. The van der Waals surface area contributed by atoms with Crippen LogP contribution in [0, 0.1) is 23.7 Å². The highest BCUT2D eigenvalue weighted by atomic mass is 16.5. The molecule has 1 aliphatic rings. The van der Waals surface area contributed by atoms with Gasteiger partial charge in [-0.2, -0.15) is 0 Å². The number of rotatable bonds is 4. The Bertz CT molecular complexity index is 195. The van der Waals surface area contributed by atoms with E-state index in [4.69, 9.17) is 4.74 Å². The summed E-state index contributed by atoms with van der Waals surface area (Å²) in [5, 5.41) is 9.64. The fourth-order valence-corrected chi connectivity index (χ4v) is 2.57. The molecule has 1 N–H and O–H groups in total. The third-order valence-corrected chi connectivity index (χ3v) is 4.54. The fourth-order valence-electron chi connectivity index (χ4n) is 2.57. The van der Waals surface area contributed by atoms with E-state index in [0.29, 0.717) is 29.8 Å². The molecule has 0 aliphatic carbocycles. The quantitative estimate of drug-likeness (QED) is 0.801. The van der Waals surface area contributed by atoms with E-state index in [0.717, 1.165) is 6.61 Å². The minimum atomic E-state index is -0.222. The van der Waals surface area contributed by atoms with Gasteiger partial charge in [0.15, 0.2) is 0 Å². The van der Waals surface area contributed by atoms with Crippen molar-refractivity contribution in [3.05, 3.63) is 0 Å². The van der Waals surface area contributed by atoms with Crippen molar-refractivity contribution >= 4 is 0 Å². The summed E-state index contributed by atoms with van der Waals surface area (Å²) < 4.78 is 5.92. The minimum Gasteiger partial charge on any atom is -0.393 e. The minimum absolute atomic E-state index is 0.222. The lowest BCUT2D eigenvalue weighted by atomic mass is 9.77. The smallest absolute Gasteiger partial charge is 0.0603 e. The van der Waals surface area contributed by atoms with Crippen molar-refractivity contribution in [1.82, 2.24) is 0 Å². The third kappa shape index (κ3) is 3.46. The first-order valence-electron chi connectivity index (χ1n) is 6.73. The average Bonchev–Trinajstić information content (AvgIpc) is 2.27. The van der Waals surface area contributed by atoms with Gasteiger partial charge in [0.05, 0.1) is 12.2 Å². The lowest BCUT2D eigenvalue weighted by Crippen LogP contribution is -2.36. The Hall–Kier alpha value is -0.0800. The molecule has 0 bridgehead atoms. The van der Waals surface area contributed by atoms with Gasteiger partial charge >= 0.3 is 0 Å². The molecule has 1 rings (SSSR count). The molecule has 0 radical (unpaired) electrons. The maximum atomic E-state index is 9.64. The van der Waals surface area contributed by atoms with Gasteiger partial charge in [-0.15, -0.1) is 0 Å². The second kappa shape index (κ2) is 6.02. The summed E-state index contributed by atoms with van der Waals surface area (Å²) in [5.41, 5.74) is 0. The standard InChI is InChI=1S/C14H28O2/c1-9-6-7-14(16-8-9)12(4)10(2)11(3)13(5)15/h9-15H,6-8H2,1-5H3/t9?,10?,11?,12-,13?,14?/m1/s1. The van der Waals surface area contributed by atoms with Gasteiger partial charge in [-0.1, -0.05) is 27.7 Å². The van der Waals surface area contributed by atoms with Gasteiger partial charge in [-0.25, -0.2) is 0 Å². The Morgan fingerprint density at radius 2 is 1.69 bits per heavy atom. The second-order valence-corrected chi connectivity index (χ2v) is 5.87. The van der Waals surface area contributed by atoms with Crippen molar-refractivity contribution in [2.45, 2.75) is 59.7 Å². The van der Waals surface area contributed by atoms with Crippen LogP contribution in [0.3, 0.4) is 0 Å². The molecule has 16 heavy (non-hydrogen) atoms. The maximum absolute atomic E-state index is 9.64. The lowest BCUT2D eigenvalue weighted by Gasteiger charge is -2.37. The summed E-state index contributed by atoms with van der Waals surface area (Å²) in [7, 11) is 0. The number of hydrogen-bond acceptors (Lipinski definition) is 2. The normalized spacial score (nSPS) is 34.1. The number of aliphatic hydroxyl groups excluding tert-OH is 1. The van der Waals surface area contributed by atoms with Gasteiger partial charge in [-0.05, 0) is 43.4 Å². The molecule has 0 amide bonds. The zero-order valence-corrected chi connectivity index (χ0v) is 11.4. The summed E-state index contributed by atoms with van der Waals surface area (Å²) in [6.07, 6.45) is 2.64. The van der Waals surface area contributed by atoms with Crippen LogP contribution in [-0.2, 0) is 4.74 Å². The number of ether oxygens (including phenoxy) is 1. The molecule has 1 fully saturated rings. The SMILES string of the molecule is CC1CCC([C@H](C)C(C)C(C)C(C)O)OC1. The molecule has 6 atom stereocenters. The predicted octanol–water partition coefficient (Wildman–Crippen LogP) is 3.09. The highest BCUT2D eigenvalue weighted by Crippen LogP contribution is 2.32.